The molecule has 17 heavy (non-hydrogen) atoms. The smallest absolute Gasteiger partial charge is 0.165 e. The largest absolute Gasteiger partial charge is 0.305 e. The van der Waals surface area contributed by atoms with Crippen LogP contribution in [0.5, 0.6) is 0 Å². The molecule has 0 saturated heterocycles. The Morgan fingerprint density at radius 1 is 1.18 bits per heavy atom. The summed E-state index contributed by atoms with van der Waals surface area (Å²) in [5.74, 6) is 0.904. The van der Waals surface area contributed by atoms with Crippen LogP contribution in [-0.2, 0) is 13.1 Å². The molecule has 1 N–H and O–H groups in total. The van der Waals surface area contributed by atoms with E-state index in [1.165, 1.54) is 0 Å². The minimum atomic E-state index is 0.0804. The van der Waals surface area contributed by atoms with Gasteiger partial charge in [-0.05, 0) is 43.0 Å². The fourth-order valence-electron chi connectivity index (χ4n) is 1.33. The highest BCUT2D eigenvalue weighted by molar-refractivity contribution is 4.85. The summed E-state index contributed by atoms with van der Waals surface area (Å²) in [6.45, 7) is 14.6. The molecule has 1 aromatic heterocycles. The third-order valence-electron chi connectivity index (χ3n) is 2.92. The molecule has 0 aliphatic rings. The van der Waals surface area contributed by atoms with Crippen molar-refractivity contribution in [3.05, 3.63) is 5.82 Å². The molecule has 0 aliphatic carbocycles. The lowest BCUT2D eigenvalue weighted by Crippen LogP contribution is -2.36. The average Bonchev–Trinajstić information content (AvgIpc) is 2.60. The summed E-state index contributed by atoms with van der Waals surface area (Å²) in [7, 11) is 0. The molecular formula is C12H25N5. The first-order valence-corrected chi connectivity index (χ1v) is 6.23. The quantitative estimate of drug-likeness (QED) is 0.854. The average molecular weight is 239 g/mol. The van der Waals surface area contributed by atoms with Crippen molar-refractivity contribution in [1.29, 1.82) is 0 Å². The normalized spacial score (nSPS) is 13.1. The highest BCUT2D eigenvalue weighted by atomic mass is 15.5. The number of hydrogen-bond donors (Lipinski definition) is 1. The maximum absolute atomic E-state index is 4.08. The number of nitrogens with zero attached hydrogens (tertiary/aromatic N) is 4. The van der Waals surface area contributed by atoms with E-state index in [2.05, 4.69) is 62.4 Å². The van der Waals surface area contributed by atoms with Gasteiger partial charge in [0, 0.05) is 12.1 Å². The lowest BCUT2D eigenvalue weighted by molar-refractivity contribution is 0.270. The van der Waals surface area contributed by atoms with E-state index in [0.717, 1.165) is 18.8 Å². The van der Waals surface area contributed by atoms with Gasteiger partial charge in [0.2, 0.25) is 0 Å². The summed E-state index contributed by atoms with van der Waals surface area (Å²) in [4.78, 5) is 0. The fourth-order valence-corrected chi connectivity index (χ4v) is 1.33. The van der Waals surface area contributed by atoms with Crippen LogP contribution in [-0.4, -0.2) is 25.7 Å². The summed E-state index contributed by atoms with van der Waals surface area (Å²) in [6, 6.07) is 0. The molecule has 0 aliphatic heterocycles. The van der Waals surface area contributed by atoms with E-state index in [4.69, 9.17) is 0 Å². The molecule has 5 heteroatoms. The zero-order valence-corrected chi connectivity index (χ0v) is 11.9. The predicted molar refractivity (Wildman–Crippen MR) is 68.5 cm³/mol. The predicted octanol–water partition coefficient (Wildman–Crippen LogP) is 2.00. The zero-order chi connectivity index (χ0) is 13.1. The second-order valence-electron chi connectivity index (χ2n) is 6.37. The number of tetrazole rings is 1. The van der Waals surface area contributed by atoms with Crippen molar-refractivity contribution in [1.82, 2.24) is 25.5 Å². The molecule has 0 aromatic carbocycles. The van der Waals surface area contributed by atoms with Gasteiger partial charge >= 0.3 is 0 Å². The van der Waals surface area contributed by atoms with Crippen molar-refractivity contribution in [2.45, 2.75) is 66.6 Å². The summed E-state index contributed by atoms with van der Waals surface area (Å²) in [5.41, 5.74) is 0.308. The maximum atomic E-state index is 4.08. The number of hydrogen-bond acceptors (Lipinski definition) is 4. The van der Waals surface area contributed by atoms with Gasteiger partial charge in [-0.15, -0.1) is 5.10 Å². The topological polar surface area (TPSA) is 55.6 Å². The van der Waals surface area contributed by atoms with E-state index >= 15 is 0 Å². The molecule has 0 spiro atoms. The third-order valence-corrected chi connectivity index (χ3v) is 2.92. The van der Waals surface area contributed by atoms with Gasteiger partial charge in [-0.1, -0.05) is 20.8 Å². The van der Waals surface area contributed by atoms with E-state index in [1.54, 1.807) is 0 Å². The van der Waals surface area contributed by atoms with Crippen molar-refractivity contribution in [2.24, 2.45) is 5.41 Å². The summed E-state index contributed by atoms with van der Waals surface area (Å²) >= 11 is 0. The number of nitrogens with one attached hydrogen (secondary N) is 1. The second-order valence-corrected chi connectivity index (χ2v) is 6.37. The molecule has 0 fully saturated rings. The molecule has 0 unspecified atom stereocenters. The van der Waals surface area contributed by atoms with Crippen molar-refractivity contribution < 1.29 is 0 Å². The molecule has 0 amide bonds. The van der Waals surface area contributed by atoms with E-state index in [0.29, 0.717) is 6.54 Å². The number of rotatable bonds is 5. The highest BCUT2D eigenvalue weighted by Gasteiger charge is 2.19. The van der Waals surface area contributed by atoms with Crippen LogP contribution in [0.2, 0.25) is 0 Å². The van der Waals surface area contributed by atoms with Crippen LogP contribution in [0.4, 0.5) is 0 Å². The Morgan fingerprint density at radius 3 is 2.35 bits per heavy atom. The molecule has 0 radical (unpaired) electrons. The SMILES string of the molecule is CCC(C)(C)Cn1nnnc1CNC(C)(C)C. The lowest BCUT2D eigenvalue weighted by atomic mass is 9.90. The van der Waals surface area contributed by atoms with Crippen LogP contribution >= 0.6 is 0 Å². The first-order valence-electron chi connectivity index (χ1n) is 6.23. The Bertz CT molecular complexity index is 348. The maximum Gasteiger partial charge on any atom is 0.165 e. The highest BCUT2D eigenvalue weighted by Crippen LogP contribution is 2.22. The monoisotopic (exact) mass is 239 g/mol. The van der Waals surface area contributed by atoms with Crippen LogP contribution in [0.1, 0.15) is 53.8 Å². The van der Waals surface area contributed by atoms with E-state index in [-0.39, 0.29) is 11.0 Å². The van der Waals surface area contributed by atoms with Crippen LogP contribution in [0.25, 0.3) is 0 Å². The Hall–Kier alpha value is -0.970. The van der Waals surface area contributed by atoms with Crippen molar-refractivity contribution in [3.8, 4) is 0 Å². The van der Waals surface area contributed by atoms with Crippen molar-refractivity contribution >= 4 is 0 Å². The Labute approximate surface area is 104 Å². The third kappa shape index (κ3) is 4.81. The van der Waals surface area contributed by atoms with Gasteiger partial charge in [-0.3, -0.25) is 0 Å². The van der Waals surface area contributed by atoms with Gasteiger partial charge in [0.15, 0.2) is 5.82 Å². The van der Waals surface area contributed by atoms with Crippen molar-refractivity contribution in [2.75, 3.05) is 0 Å². The summed E-state index contributed by atoms with van der Waals surface area (Å²) in [6.07, 6.45) is 1.11. The van der Waals surface area contributed by atoms with Crippen LogP contribution in [0, 0.1) is 5.41 Å². The molecule has 0 bridgehead atoms. The van der Waals surface area contributed by atoms with Crippen LogP contribution in [0.15, 0.2) is 0 Å². The molecule has 5 nitrogen and oxygen atoms in total. The van der Waals surface area contributed by atoms with Gasteiger partial charge in [-0.2, -0.15) is 0 Å². The molecule has 1 heterocycles. The molecule has 0 atom stereocenters. The van der Waals surface area contributed by atoms with Crippen molar-refractivity contribution in [3.63, 3.8) is 0 Å². The molecule has 1 aromatic rings. The van der Waals surface area contributed by atoms with Crippen LogP contribution in [0.3, 0.4) is 0 Å². The van der Waals surface area contributed by atoms with Gasteiger partial charge in [0.1, 0.15) is 0 Å². The van der Waals surface area contributed by atoms with Gasteiger partial charge in [0.25, 0.3) is 0 Å². The van der Waals surface area contributed by atoms with Gasteiger partial charge < -0.3 is 5.32 Å². The number of aromatic nitrogens is 4. The first kappa shape index (κ1) is 14.1. The van der Waals surface area contributed by atoms with Gasteiger partial charge in [0.05, 0.1) is 6.54 Å². The van der Waals surface area contributed by atoms with E-state index in [1.807, 2.05) is 4.68 Å². The van der Waals surface area contributed by atoms with E-state index in [9.17, 15) is 0 Å². The standard InChI is InChI=1S/C12H25N5/c1-7-12(5,6)9-17-10(14-15-16-17)8-13-11(2,3)4/h13H,7-9H2,1-6H3. The summed E-state index contributed by atoms with van der Waals surface area (Å²) < 4.78 is 1.90. The second kappa shape index (κ2) is 5.12. The van der Waals surface area contributed by atoms with Crippen LogP contribution < -0.4 is 5.32 Å². The van der Waals surface area contributed by atoms with Gasteiger partial charge in [-0.25, -0.2) is 4.68 Å². The Morgan fingerprint density at radius 2 is 1.82 bits per heavy atom. The molecule has 0 saturated carbocycles. The molecule has 98 valence electrons. The minimum Gasteiger partial charge on any atom is -0.305 e. The zero-order valence-electron chi connectivity index (χ0n) is 11.9. The van der Waals surface area contributed by atoms with E-state index < -0.39 is 0 Å². The minimum absolute atomic E-state index is 0.0804. The first-order chi connectivity index (χ1) is 7.73. The fraction of sp³-hybridized carbons (Fsp3) is 0.917. The molecular weight excluding hydrogens is 214 g/mol. The Kier molecular flexibility index (Phi) is 4.25. The summed E-state index contributed by atoms with van der Waals surface area (Å²) in [5, 5.41) is 15.3. The molecule has 1 rings (SSSR count). The lowest BCUT2D eigenvalue weighted by Gasteiger charge is -2.24. The Balaban J connectivity index is 2.66.